The van der Waals surface area contributed by atoms with Crippen LogP contribution in [0.25, 0.3) is 11.3 Å². The highest BCUT2D eigenvalue weighted by Crippen LogP contribution is 2.38. The van der Waals surface area contributed by atoms with E-state index in [1.54, 1.807) is 12.4 Å². The number of hydrogen-bond acceptors (Lipinski definition) is 5. The SMILES string of the molecule is OCC1CCC(c2onnc2-c2ccncc2)CC1. The number of aromatic nitrogens is 3. The predicted molar refractivity (Wildman–Crippen MR) is 69.3 cm³/mol. The number of aliphatic hydroxyl groups is 1. The van der Waals surface area contributed by atoms with Crippen LogP contribution in [0.15, 0.2) is 29.0 Å². The van der Waals surface area contributed by atoms with Crippen molar-refractivity contribution in [3.8, 4) is 11.3 Å². The van der Waals surface area contributed by atoms with E-state index < -0.39 is 0 Å². The molecule has 0 bridgehead atoms. The summed E-state index contributed by atoms with van der Waals surface area (Å²) >= 11 is 0. The monoisotopic (exact) mass is 259 g/mol. The van der Waals surface area contributed by atoms with E-state index >= 15 is 0 Å². The van der Waals surface area contributed by atoms with Gasteiger partial charge in [0.1, 0.15) is 5.69 Å². The maximum Gasteiger partial charge on any atom is 0.168 e. The first-order valence-corrected chi connectivity index (χ1v) is 6.72. The van der Waals surface area contributed by atoms with Crippen LogP contribution in [0.1, 0.15) is 37.4 Å². The van der Waals surface area contributed by atoms with Gasteiger partial charge in [-0.25, -0.2) is 0 Å². The van der Waals surface area contributed by atoms with Gasteiger partial charge in [-0.3, -0.25) is 4.98 Å². The Hall–Kier alpha value is -1.75. The van der Waals surface area contributed by atoms with E-state index in [9.17, 15) is 5.11 Å². The molecule has 0 spiro atoms. The van der Waals surface area contributed by atoms with Crippen LogP contribution in [0.2, 0.25) is 0 Å². The molecule has 2 heterocycles. The molecule has 0 unspecified atom stereocenters. The number of rotatable bonds is 3. The number of pyridine rings is 1. The average Bonchev–Trinajstić information content (AvgIpc) is 2.98. The third-order valence-corrected chi connectivity index (χ3v) is 3.94. The lowest BCUT2D eigenvalue weighted by atomic mass is 9.80. The quantitative estimate of drug-likeness (QED) is 0.916. The molecule has 1 N–H and O–H groups in total. The summed E-state index contributed by atoms with van der Waals surface area (Å²) in [6.07, 6.45) is 7.63. The molecular formula is C14H17N3O2. The van der Waals surface area contributed by atoms with E-state index in [-0.39, 0.29) is 0 Å². The second-order valence-corrected chi connectivity index (χ2v) is 5.12. The van der Waals surface area contributed by atoms with Gasteiger partial charge in [0, 0.05) is 35.8 Å². The molecule has 0 aromatic carbocycles. The second-order valence-electron chi connectivity index (χ2n) is 5.12. The minimum atomic E-state index is 0.290. The Morgan fingerprint density at radius 1 is 1.16 bits per heavy atom. The first-order valence-electron chi connectivity index (χ1n) is 6.72. The molecule has 5 heteroatoms. The van der Waals surface area contributed by atoms with Crippen LogP contribution in [0.4, 0.5) is 0 Å². The van der Waals surface area contributed by atoms with Crippen molar-refractivity contribution in [3.63, 3.8) is 0 Å². The fourth-order valence-electron chi connectivity index (χ4n) is 2.78. The normalized spacial score (nSPS) is 23.4. The molecule has 1 fully saturated rings. The van der Waals surface area contributed by atoms with Crippen LogP contribution in [0.5, 0.6) is 0 Å². The number of aliphatic hydroxyl groups excluding tert-OH is 1. The lowest BCUT2D eigenvalue weighted by Crippen LogP contribution is -2.16. The Balaban J connectivity index is 1.81. The van der Waals surface area contributed by atoms with Gasteiger partial charge in [-0.05, 0) is 43.7 Å². The summed E-state index contributed by atoms with van der Waals surface area (Å²) in [6, 6.07) is 3.84. The molecule has 100 valence electrons. The van der Waals surface area contributed by atoms with Gasteiger partial charge in [0.25, 0.3) is 0 Å². The van der Waals surface area contributed by atoms with E-state index in [2.05, 4.69) is 15.4 Å². The number of hydrogen-bond donors (Lipinski definition) is 1. The maximum atomic E-state index is 9.19. The first-order chi connectivity index (χ1) is 9.38. The molecule has 19 heavy (non-hydrogen) atoms. The second kappa shape index (κ2) is 5.48. The van der Waals surface area contributed by atoms with Gasteiger partial charge in [-0.1, -0.05) is 0 Å². The molecule has 5 nitrogen and oxygen atoms in total. The van der Waals surface area contributed by atoms with Gasteiger partial charge in [0.2, 0.25) is 0 Å². The zero-order valence-electron chi connectivity index (χ0n) is 10.7. The van der Waals surface area contributed by atoms with Gasteiger partial charge in [-0.15, -0.1) is 5.10 Å². The van der Waals surface area contributed by atoms with E-state index in [0.717, 1.165) is 42.7 Å². The summed E-state index contributed by atoms with van der Waals surface area (Å²) in [5, 5.41) is 17.0. The molecule has 1 aliphatic rings. The van der Waals surface area contributed by atoms with Crippen molar-refractivity contribution in [1.82, 2.24) is 15.4 Å². The smallest absolute Gasteiger partial charge is 0.168 e. The van der Waals surface area contributed by atoms with Gasteiger partial charge in [0.15, 0.2) is 5.76 Å². The minimum absolute atomic E-state index is 0.290. The zero-order valence-corrected chi connectivity index (χ0v) is 10.7. The van der Waals surface area contributed by atoms with Crippen LogP contribution < -0.4 is 0 Å². The highest BCUT2D eigenvalue weighted by Gasteiger charge is 2.27. The predicted octanol–water partition coefficient (Wildman–Crippen LogP) is 2.40. The van der Waals surface area contributed by atoms with Crippen molar-refractivity contribution in [3.05, 3.63) is 30.3 Å². The fraction of sp³-hybridized carbons (Fsp3) is 0.500. The van der Waals surface area contributed by atoms with Crippen LogP contribution in [-0.2, 0) is 0 Å². The topological polar surface area (TPSA) is 72.0 Å². The summed E-state index contributed by atoms with van der Waals surface area (Å²) in [6.45, 7) is 0.290. The summed E-state index contributed by atoms with van der Waals surface area (Å²) < 4.78 is 5.38. The Morgan fingerprint density at radius 3 is 2.58 bits per heavy atom. The lowest BCUT2D eigenvalue weighted by Gasteiger charge is -2.25. The average molecular weight is 259 g/mol. The first kappa shape index (κ1) is 12.3. The molecule has 2 aromatic heterocycles. The molecule has 1 saturated carbocycles. The van der Waals surface area contributed by atoms with Crippen molar-refractivity contribution in [2.24, 2.45) is 5.92 Å². The van der Waals surface area contributed by atoms with Crippen LogP contribution in [0, 0.1) is 5.92 Å². The number of nitrogens with zero attached hydrogens (tertiary/aromatic N) is 3. The molecule has 0 aliphatic heterocycles. The van der Waals surface area contributed by atoms with Gasteiger partial charge >= 0.3 is 0 Å². The van der Waals surface area contributed by atoms with Crippen molar-refractivity contribution in [1.29, 1.82) is 0 Å². The van der Waals surface area contributed by atoms with E-state index in [0.29, 0.717) is 18.4 Å². The molecule has 1 aliphatic carbocycles. The van der Waals surface area contributed by atoms with Crippen molar-refractivity contribution in [2.45, 2.75) is 31.6 Å². The minimum Gasteiger partial charge on any atom is -0.396 e. The van der Waals surface area contributed by atoms with Crippen LogP contribution in [0.3, 0.4) is 0 Å². The standard InChI is InChI=1S/C14H17N3O2/c18-9-10-1-3-12(4-2-10)14-13(16-17-19-14)11-5-7-15-8-6-11/h5-8,10,12,18H,1-4,9H2. The lowest BCUT2D eigenvalue weighted by molar-refractivity contribution is 0.175. The van der Waals surface area contributed by atoms with Crippen molar-refractivity contribution < 1.29 is 9.63 Å². The Morgan fingerprint density at radius 2 is 1.89 bits per heavy atom. The van der Waals surface area contributed by atoms with E-state index in [4.69, 9.17) is 4.52 Å². The highest BCUT2D eigenvalue weighted by molar-refractivity contribution is 5.60. The third-order valence-electron chi connectivity index (χ3n) is 3.94. The highest BCUT2D eigenvalue weighted by atomic mass is 16.5. The van der Waals surface area contributed by atoms with E-state index in [1.807, 2.05) is 12.1 Å². The summed E-state index contributed by atoms with van der Waals surface area (Å²) in [5.74, 6) is 1.68. The third kappa shape index (κ3) is 2.51. The molecule has 0 saturated heterocycles. The van der Waals surface area contributed by atoms with Gasteiger partial charge in [-0.2, -0.15) is 0 Å². The van der Waals surface area contributed by atoms with Gasteiger partial charge < -0.3 is 9.63 Å². The fourth-order valence-corrected chi connectivity index (χ4v) is 2.78. The van der Waals surface area contributed by atoms with Crippen molar-refractivity contribution >= 4 is 0 Å². The molecule has 0 amide bonds. The Bertz CT molecular complexity index is 518. The Labute approximate surface area is 111 Å². The Kier molecular flexibility index (Phi) is 3.55. The van der Waals surface area contributed by atoms with Gasteiger partial charge in [0.05, 0.1) is 0 Å². The van der Waals surface area contributed by atoms with Crippen LogP contribution in [-0.4, -0.2) is 27.1 Å². The summed E-state index contributed by atoms with van der Waals surface area (Å²) in [7, 11) is 0. The van der Waals surface area contributed by atoms with E-state index in [1.165, 1.54) is 0 Å². The van der Waals surface area contributed by atoms with Crippen LogP contribution >= 0.6 is 0 Å². The largest absolute Gasteiger partial charge is 0.396 e. The molecule has 0 radical (unpaired) electrons. The summed E-state index contributed by atoms with van der Waals surface area (Å²) in [5.41, 5.74) is 1.82. The van der Waals surface area contributed by atoms with Crippen molar-refractivity contribution in [2.75, 3.05) is 6.61 Å². The molecule has 3 rings (SSSR count). The zero-order chi connectivity index (χ0) is 13.1. The maximum absolute atomic E-state index is 9.19. The molecule has 2 aromatic rings. The molecule has 0 atom stereocenters. The molecular weight excluding hydrogens is 242 g/mol. The summed E-state index contributed by atoms with van der Waals surface area (Å²) in [4.78, 5) is 4.01.